The normalized spacial score (nSPS) is 11.6. The molecule has 0 saturated carbocycles. The molecule has 40 valence electrons. The van der Waals surface area contributed by atoms with Crippen LogP contribution in [0.5, 0.6) is 0 Å². The van der Waals surface area contributed by atoms with Gasteiger partial charge in [0.2, 0.25) is 0 Å². The SMILES string of the molecule is C=C(C)C(C)=CC. The van der Waals surface area contributed by atoms with E-state index in [1.54, 1.807) is 0 Å². The molecule has 0 rings (SSSR count). The van der Waals surface area contributed by atoms with Gasteiger partial charge in [0, 0.05) is 0 Å². The van der Waals surface area contributed by atoms with E-state index in [0.717, 1.165) is 5.57 Å². The molecule has 0 amide bonds. The van der Waals surface area contributed by atoms with Crippen LogP contribution in [0, 0.1) is 0 Å². The van der Waals surface area contributed by atoms with Gasteiger partial charge >= 0.3 is 0 Å². The van der Waals surface area contributed by atoms with Gasteiger partial charge < -0.3 is 0 Å². The standard InChI is InChI=1S/C7H12/c1-5-7(4)6(2)3/h5H,2H2,1,3-4H3. The van der Waals surface area contributed by atoms with Gasteiger partial charge in [0.05, 0.1) is 0 Å². The lowest BCUT2D eigenvalue weighted by molar-refractivity contribution is 1.34. The first-order chi connectivity index (χ1) is 3.18. The van der Waals surface area contributed by atoms with Crippen LogP contribution in [0.1, 0.15) is 20.8 Å². The van der Waals surface area contributed by atoms with Gasteiger partial charge in [-0.2, -0.15) is 0 Å². The fourth-order valence-corrected chi connectivity index (χ4v) is 0.246. The fraction of sp³-hybridized carbons (Fsp3) is 0.429. The molecule has 0 aromatic rings. The molecule has 0 bridgehead atoms. The molecule has 0 fully saturated rings. The van der Waals surface area contributed by atoms with Gasteiger partial charge in [0.25, 0.3) is 0 Å². The summed E-state index contributed by atoms with van der Waals surface area (Å²) in [5.74, 6) is 0. The van der Waals surface area contributed by atoms with Gasteiger partial charge in [-0.15, -0.1) is 0 Å². The van der Waals surface area contributed by atoms with Crippen LogP contribution in [0.15, 0.2) is 23.8 Å². The number of hydrogen-bond acceptors (Lipinski definition) is 0. The van der Waals surface area contributed by atoms with Gasteiger partial charge in [0.15, 0.2) is 0 Å². The van der Waals surface area contributed by atoms with Crippen molar-refractivity contribution < 1.29 is 0 Å². The van der Waals surface area contributed by atoms with E-state index in [9.17, 15) is 0 Å². The summed E-state index contributed by atoms with van der Waals surface area (Å²) in [6.45, 7) is 9.84. The third kappa shape index (κ3) is 2.21. The molecule has 0 radical (unpaired) electrons. The maximum absolute atomic E-state index is 3.76. The molecular formula is C7H12. The van der Waals surface area contributed by atoms with Crippen LogP contribution in [0.3, 0.4) is 0 Å². The molecule has 0 aliphatic rings. The second-order valence-corrected chi connectivity index (χ2v) is 1.75. The van der Waals surface area contributed by atoms with E-state index in [2.05, 4.69) is 19.6 Å². The Bertz CT molecular complexity index is 96.6. The maximum Gasteiger partial charge on any atom is -0.0399 e. The fourth-order valence-electron chi connectivity index (χ4n) is 0.246. The highest BCUT2D eigenvalue weighted by Crippen LogP contribution is 2.02. The highest BCUT2D eigenvalue weighted by Gasteiger charge is 1.81. The first kappa shape index (κ1) is 6.48. The molecule has 0 heteroatoms. The van der Waals surface area contributed by atoms with Crippen LogP contribution in [-0.4, -0.2) is 0 Å². The quantitative estimate of drug-likeness (QED) is 0.440. The molecule has 0 aromatic carbocycles. The Labute approximate surface area is 45.5 Å². The molecule has 7 heavy (non-hydrogen) atoms. The van der Waals surface area contributed by atoms with E-state index in [1.165, 1.54) is 5.57 Å². The first-order valence-electron chi connectivity index (χ1n) is 2.47. The summed E-state index contributed by atoms with van der Waals surface area (Å²) < 4.78 is 0. The zero-order chi connectivity index (χ0) is 5.86. The molecule has 0 aliphatic carbocycles. The second kappa shape index (κ2) is 2.62. The Morgan fingerprint density at radius 2 is 1.86 bits per heavy atom. The minimum Gasteiger partial charge on any atom is -0.0959 e. The smallest absolute Gasteiger partial charge is 0.0399 e. The van der Waals surface area contributed by atoms with Crippen LogP contribution in [-0.2, 0) is 0 Å². The van der Waals surface area contributed by atoms with Crippen molar-refractivity contribution >= 4 is 0 Å². The van der Waals surface area contributed by atoms with E-state index in [0.29, 0.717) is 0 Å². The highest BCUT2D eigenvalue weighted by molar-refractivity contribution is 5.22. The van der Waals surface area contributed by atoms with Crippen molar-refractivity contribution in [2.75, 3.05) is 0 Å². The van der Waals surface area contributed by atoms with E-state index in [4.69, 9.17) is 0 Å². The Balaban J connectivity index is 3.82. The average molecular weight is 96.2 g/mol. The summed E-state index contributed by atoms with van der Waals surface area (Å²) >= 11 is 0. The van der Waals surface area contributed by atoms with Gasteiger partial charge in [-0.1, -0.05) is 23.8 Å². The molecule has 0 spiro atoms. The number of rotatable bonds is 1. The van der Waals surface area contributed by atoms with Crippen LogP contribution in [0.4, 0.5) is 0 Å². The third-order valence-electron chi connectivity index (χ3n) is 1.11. The van der Waals surface area contributed by atoms with Crippen molar-refractivity contribution in [1.29, 1.82) is 0 Å². The summed E-state index contributed by atoms with van der Waals surface area (Å²) in [5, 5.41) is 0. The van der Waals surface area contributed by atoms with Crippen molar-refractivity contribution in [3.05, 3.63) is 23.8 Å². The lowest BCUT2D eigenvalue weighted by Gasteiger charge is -1.92. The zero-order valence-electron chi connectivity index (χ0n) is 5.28. The molecule has 0 saturated heterocycles. The Hall–Kier alpha value is -0.520. The van der Waals surface area contributed by atoms with Gasteiger partial charge in [0.1, 0.15) is 0 Å². The van der Waals surface area contributed by atoms with Crippen LogP contribution < -0.4 is 0 Å². The number of allylic oxidation sites excluding steroid dienone is 3. The van der Waals surface area contributed by atoms with Crippen molar-refractivity contribution in [2.45, 2.75) is 20.8 Å². The molecule has 0 aromatic heterocycles. The Morgan fingerprint density at radius 3 is 1.86 bits per heavy atom. The summed E-state index contributed by atoms with van der Waals surface area (Å²) in [5.41, 5.74) is 2.43. The van der Waals surface area contributed by atoms with Crippen LogP contribution in [0.2, 0.25) is 0 Å². The molecular weight excluding hydrogens is 84.1 g/mol. The van der Waals surface area contributed by atoms with E-state index in [-0.39, 0.29) is 0 Å². The molecule has 0 atom stereocenters. The summed E-state index contributed by atoms with van der Waals surface area (Å²) in [6.07, 6.45) is 2.06. The van der Waals surface area contributed by atoms with Crippen molar-refractivity contribution in [3.8, 4) is 0 Å². The maximum atomic E-state index is 3.76. The minimum atomic E-state index is 1.16. The molecule has 0 aliphatic heterocycles. The largest absolute Gasteiger partial charge is 0.0959 e. The van der Waals surface area contributed by atoms with Gasteiger partial charge in [-0.3, -0.25) is 0 Å². The van der Waals surface area contributed by atoms with Crippen LogP contribution >= 0.6 is 0 Å². The monoisotopic (exact) mass is 96.1 g/mol. The first-order valence-corrected chi connectivity index (χ1v) is 2.47. The van der Waals surface area contributed by atoms with E-state index >= 15 is 0 Å². The molecule has 0 N–H and O–H groups in total. The molecule has 0 heterocycles. The summed E-state index contributed by atoms with van der Waals surface area (Å²) in [6, 6.07) is 0. The second-order valence-electron chi connectivity index (χ2n) is 1.75. The van der Waals surface area contributed by atoms with Crippen molar-refractivity contribution in [1.82, 2.24) is 0 Å². The van der Waals surface area contributed by atoms with Gasteiger partial charge in [-0.25, -0.2) is 0 Å². The lowest BCUT2D eigenvalue weighted by Crippen LogP contribution is -1.71. The zero-order valence-corrected chi connectivity index (χ0v) is 5.28. The lowest BCUT2D eigenvalue weighted by atomic mass is 10.2. The molecule has 0 nitrogen and oxygen atoms in total. The highest BCUT2D eigenvalue weighted by atomic mass is 13.9. The predicted molar refractivity (Wildman–Crippen MR) is 34.2 cm³/mol. The van der Waals surface area contributed by atoms with Crippen LogP contribution in [0.25, 0.3) is 0 Å². The summed E-state index contributed by atoms with van der Waals surface area (Å²) in [7, 11) is 0. The average Bonchev–Trinajstić information content (AvgIpc) is 1.65. The minimum absolute atomic E-state index is 1.16. The Kier molecular flexibility index (Phi) is 2.42. The van der Waals surface area contributed by atoms with E-state index in [1.807, 2.05) is 13.8 Å². The summed E-state index contributed by atoms with van der Waals surface area (Å²) in [4.78, 5) is 0. The topological polar surface area (TPSA) is 0 Å². The predicted octanol–water partition coefficient (Wildman–Crippen LogP) is 2.53. The number of hydrogen-bond donors (Lipinski definition) is 0. The van der Waals surface area contributed by atoms with Gasteiger partial charge in [-0.05, 0) is 20.8 Å². The Morgan fingerprint density at radius 1 is 1.43 bits per heavy atom. The van der Waals surface area contributed by atoms with Crippen molar-refractivity contribution in [2.24, 2.45) is 0 Å². The van der Waals surface area contributed by atoms with E-state index < -0.39 is 0 Å². The third-order valence-corrected chi connectivity index (χ3v) is 1.11. The molecule has 0 unspecified atom stereocenters. The van der Waals surface area contributed by atoms with Crippen molar-refractivity contribution in [3.63, 3.8) is 0 Å².